The maximum atomic E-state index is 11.2. The van der Waals surface area contributed by atoms with Gasteiger partial charge in [0.25, 0.3) is 0 Å². The molecule has 15 heavy (non-hydrogen) atoms. The van der Waals surface area contributed by atoms with E-state index in [2.05, 4.69) is 21.2 Å². The van der Waals surface area contributed by atoms with Crippen LogP contribution in [0.3, 0.4) is 0 Å². The fourth-order valence-electron chi connectivity index (χ4n) is 1.35. The molecule has 82 valence electrons. The highest BCUT2D eigenvalue weighted by molar-refractivity contribution is 9.10. The second-order valence-electron chi connectivity index (χ2n) is 3.21. The van der Waals surface area contributed by atoms with Gasteiger partial charge in [-0.3, -0.25) is 4.79 Å². The van der Waals surface area contributed by atoms with Crippen molar-refractivity contribution in [1.82, 2.24) is 5.32 Å². The highest BCUT2D eigenvalue weighted by atomic mass is 79.9. The Bertz CT molecular complexity index is 326. The summed E-state index contributed by atoms with van der Waals surface area (Å²) in [5, 5.41) is 2.87. The van der Waals surface area contributed by atoms with Crippen LogP contribution in [0, 0.1) is 0 Å². The largest absolute Gasteiger partial charge is 0.348 e. The zero-order valence-corrected chi connectivity index (χ0v) is 10.8. The Hall–Kier alpha value is -0.540. The monoisotopic (exact) mass is 289 g/mol. The molecule has 1 aromatic carbocycles. The van der Waals surface area contributed by atoms with Crippen LogP contribution in [0.1, 0.15) is 24.9 Å². The van der Waals surface area contributed by atoms with Crippen LogP contribution in [-0.4, -0.2) is 11.8 Å². The van der Waals surface area contributed by atoms with Gasteiger partial charge in [-0.15, -0.1) is 11.6 Å². The lowest BCUT2D eigenvalue weighted by atomic mass is 10.0. The molecule has 1 atom stereocenters. The maximum Gasteiger partial charge on any atom is 0.235 e. The molecule has 0 aliphatic rings. The van der Waals surface area contributed by atoms with Gasteiger partial charge in [-0.2, -0.15) is 0 Å². The molecule has 0 fully saturated rings. The maximum absolute atomic E-state index is 11.2. The normalized spacial score (nSPS) is 12.2. The van der Waals surface area contributed by atoms with Crippen molar-refractivity contribution in [2.75, 3.05) is 5.88 Å². The number of benzene rings is 1. The standard InChI is InChI=1S/C11H13BrClNO/c1-2-10(14-11(15)7-13)8-3-5-9(12)6-4-8/h3-6,10H,2,7H2,1H3,(H,14,15). The number of alkyl halides is 1. The third kappa shape index (κ3) is 3.84. The summed E-state index contributed by atoms with van der Waals surface area (Å²) in [6, 6.07) is 7.96. The molecule has 0 aliphatic heterocycles. The average molecular weight is 291 g/mol. The fraction of sp³-hybridized carbons (Fsp3) is 0.364. The van der Waals surface area contributed by atoms with Crippen LogP contribution >= 0.6 is 27.5 Å². The molecule has 0 aliphatic carbocycles. The molecule has 1 rings (SSSR count). The molecule has 1 unspecified atom stereocenters. The highest BCUT2D eigenvalue weighted by Gasteiger charge is 2.11. The van der Waals surface area contributed by atoms with Crippen molar-refractivity contribution in [1.29, 1.82) is 0 Å². The van der Waals surface area contributed by atoms with E-state index in [1.165, 1.54) is 0 Å². The zero-order valence-electron chi connectivity index (χ0n) is 8.47. The minimum absolute atomic E-state index is 0.00697. The van der Waals surface area contributed by atoms with Gasteiger partial charge >= 0.3 is 0 Å². The lowest BCUT2D eigenvalue weighted by Crippen LogP contribution is -2.28. The van der Waals surface area contributed by atoms with Crippen LogP contribution in [0.4, 0.5) is 0 Å². The number of nitrogens with one attached hydrogen (secondary N) is 1. The van der Waals surface area contributed by atoms with E-state index in [4.69, 9.17) is 11.6 Å². The first-order valence-electron chi connectivity index (χ1n) is 4.78. The summed E-state index contributed by atoms with van der Waals surface area (Å²) in [4.78, 5) is 11.2. The van der Waals surface area contributed by atoms with E-state index in [0.29, 0.717) is 0 Å². The molecule has 0 radical (unpaired) electrons. The van der Waals surface area contributed by atoms with Crippen molar-refractivity contribution in [3.63, 3.8) is 0 Å². The third-order valence-corrected chi connectivity index (χ3v) is 2.91. The predicted octanol–water partition coefficient (Wildman–Crippen LogP) is 3.26. The van der Waals surface area contributed by atoms with E-state index in [1.54, 1.807) is 0 Å². The van der Waals surface area contributed by atoms with Gasteiger partial charge in [-0.25, -0.2) is 0 Å². The van der Waals surface area contributed by atoms with E-state index >= 15 is 0 Å². The quantitative estimate of drug-likeness (QED) is 0.847. The molecular formula is C11H13BrClNO. The minimum atomic E-state index is -0.133. The molecule has 1 N–H and O–H groups in total. The molecule has 0 spiro atoms. The van der Waals surface area contributed by atoms with Crippen molar-refractivity contribution in [3.8, 4) is 0 Å². The number of hydrogen-bond donors (Lipinski definition) is 1. The minimum Gasteiger partial charge on any atom is -0.348 e. The zero-order chi connectivity index (χ0) is 11.3. The molecule has 0 aromatic heterocycles. The SMILES string of the molecule is CCC(NC(=O)CCl)c1ccc(Br)cc1. The lowest BCUT2D eigenvalue weighted by Gasteiger charge is -2.16. The molecule has 1 amide bonds. The Morgan fingerprint density at radius 3 is 2.53 bits per heavy atom. The first-order valence-corrected chi connectivity index (χ1v) is 6.11. The first kappa shape index (κ1) is 12.5. The van der Waals surface area contributed by atoms with Gasteiger partial charge in [-0.05, 0) is 24.1 Å². The Morgan fingerprint density at radius 1 is 1.47 bits per heavy atom. The van der Waals surface area contributed by atoms with E-state index in [1.807, 2.05) is 31.2 Å². The smallest absolute Gasteiger partial charge is 0.235 e. The van der Waals surface area contributed by atoms with Gasteiger partial charge in [0, 0.05) is 4.47 Å². The van der Waals surface area contributed by atoms with Crippen molar-refractivity contribution < 1.29 is 4.79 Å². The van der Waals surface area contributed by atoms with Crippen molar-refractivity contribution >= 4 is 33.4 Å². The summed E-state index contributed by atoms with van der Waals surface area (Å²) in [5.74, 6) is -0.126. The van der Waals surface area contributed by atoms with Crippen molar-refractivity contribution in [2.24, 2.45) is 0 Å². The summed E-state index contributed by atoms with van der Waals surface area (Å²) >= 11 is 8.82. The van der Waals surface area contributed by atoms with Crippen molar-refractivity contribution in [3.05, 3.63) is 34.3 Å². The van der Waals surface area contributed by atoms with Crippen LogP contribution in [-0.2, 0) is 4.79 Å². The van der Waals surface area contributed by atoms with Gasteiger partial charge in [0.15, 0.2) is 0 Å². The van der Waals surface area contributed by atoms with E-state index in [0.717, 1.165) is 16.5 Å². The van der Waals surface area contributed by atoms with Gasteiger partial charge in [0.2, 0.25) is 5.91 Å². The molecular weight excluding hydrogens is 277 g/mol. The average Bonchev–Trinajstić information content (AvgIpc) is 2.27. The summed E-state index contributed by atoms with van der Waals surface area (Å²) in [5.41, 5.74) is 1.10. The second kappa shape index (κ2) is 6.13. The number of carbonyl (C=O) groups excluding carboxylic acids is 1. The molecule has 2 nitrogen and oxygen atoms in total. The summed E-state index contributed by atoms with van der Waals surface area (Å²) < 4.78 is 1.03. The van der Waals surface area contributed by atoms with Crippen LogP contribution < -0.4 is 5.32 Å². The van der Waals surface area contributed by atoms with Crippen molar-refractivity contribution in [2.45, 2.75) is 19.4 Å². The van der Waals surface area contributed by atoms with Crippen LogP contribution in [0.15, 0.2) is 28.7 Å². The Balaban J connectivity index is 2.74. The summed E-state index contributed by atoms with van der Waals surface area (Å²) in [7, 11) is 0. The summed E-state index contributed by atoms with van der Waals surface area (Å²) in [6.07, 6.45) is 0.851. The first-order chi connectivity index (χ1) is 7.17. The van der Waals surface area contributed by atoms with Gasteiger partial charge < -0.3 is 5.32 Å². The Kier molecular flexibility index (Phi) is 5.12. The Labute approximate surface area is 103 Å². The van der Waals surface area contributed by atoms with Crippen LogP contribution in [0.25, 0.3) is 0 Å². The number of amides is 1. The molecule has 1 aromatic rings. The van der Waals surface area contributed by atoms with E-state index in [9.17, 15) is 4.79 Å². The number of carbonyl (C=O) groups is 1. The molecule has 0 bridgehead atoms. The van der Waals surface area contributed by atoms with Crippen LogP contribution in [0.2, 0.25) is 0 Å². The number of rotatable bonds is 4. The summed E-state index contributed by atoms with van der Waals surface area (Å²) in [6.45, 7) is 2.03. The second-order valence-corrected chi connectivity index (χ2v) is 4.40. The van der Waals surface area contributed by atoms with Gasteiger partial charge in [0.1, 0.15) is 5.88 Å². The Morgan fingerprint density at radius 2 is 2.07 bits per heavy atom. The number of hydrogen-bond acceptors (Lipinski definition) is 1. The molecule has 0 heterocycles. The molecule has 0 saturated heterocycles. The third-order valence-electron chi connectivity index (χ3n) is 2.14. The topological polar surface area (TPSA) is 29.1 Å². The van der Waals surface area contributed by atoms with E-state index in [-0.39, 0.29) is 17.8 Å². The predicted molar refractivity (Wildman–Crippen MR) is 66.0 cm³/mol. The molecule has 4 heteroatoms. The van der Waals surface area contributed by atoms with Gasteiger partial charge in [0.05, 0.1) is 6.04 Å². The van der Waals surface area contributed by atoms with Gasteiger partial charge in [-0.1, -0.05) is 35.0 Å². The van der Waals surface area contributed by atoms with E-state index < -0.39 is 0 Å². The highest BCUT2D eigenvalue weighted by Crippen LogP contribution is 2.19. The lowest BCUT2D eigenvalue weighted by molar-refractivity contribution is -0.119. The van der Waals surface area contributed by atoms with Crippen LogP contribution in [0.5, 0.6) is 0 Å². The fourth-order valence-corrected chi connectivity index (χ4v) is 1.69. The molecule has 0 saturated carbocycles. The number of halogens is 2.